The number of anilines is 2. The standard InChI is InChI=1S/C19H19FN4OS/c1-13(22-23-19(26)21-17-9-3-2-8-16(17)20)14-6-4-7-15(12-14)24-11-5-10-18(24)25/h2-4,6-9,12H,5,10-11H2,1H3,(H2,21,23,26)/b22-13-. The van der Waals surface area contributed by atoms with Gasteiger partial charge >= 0.3 is 0 Å². The van der Waals surface area contributed by atoms with Crippen molar-refractivity contribution < 1.29 is 9.18 Å². The largest absolute Gasteiger partial charge is 0.329 e. The predicted octanol–water partition coefficient (Wildman–Crippen LogP) is 3.66. The van der Waals surface area contributed by atoms with Crippen molar-refractivity contribution in [3.8, 4) is 0 Å². The lowest BCUT2D eigenvalue weighted by Crippen LogP contribution is -2.25. The third-order valence-electron chi connectivity index (χ3n) is 4.10. The van der Waals surface area contributed by atoms with Crippen molar-refractivity contribution in [3.63, 3.8) is 0 Å². The SMILES string of the molecule is C/C(=N/NC(=S)Nc1ccccc1F)c1cccc(N2CCCC2=O)c1. The van der Waals surface area contributed by atoms with Gasteiger partial charge in [-0.2, -0.15) is 5.10 Å². The van der Waals surface area contributed by atoms with E-state index in [1.54, 1.807) is 23.1 Å². The molecule has 0 saturated carbocycles. The van der Waals surface area contributed by atoms with Gasteiger partial charge in [0.1, 0.15) is 5.82 Å². The van der Waals surface area contributed by atoms with Crippen LogP contribution >= 0.6 is 12.2 Å². The maximum absolute atomic E-state index is 13.6. The fourth-order valence-electron chi connectivity index (χ4n) is 2.73. The molecule has 134 valence electrons. The number of hydrazone groups is 1. The number of nitrogens with zero attached hydrogens (tertiary/aromatic N) is 2. The second-order valence-electron chi connectivity index (χ2n) is 5.94. The number of carbonyl (C=O) groups is 1. The number of hydrogen-bond donors (Lipinski definition) is 2. The number of hydrogen-bond acceptors (Lipinski definition) is 3. The van der Waals surface area contributed by atoms with Crippen LogP contribution in [0.1, 0.15) is 25.3 Å². The molecular weight excluding hydrogens is 351 g/mol. The van der Waals surface area contributed by atoms with E-state index in [4.69, 9.17) is 12.2 Å². The van der Waals surface area contributed by atoms with Crippen LogP contribution in [0, 0.1) is 5.82 Å². The highest BCUT2D eigenvalue weighted by Gasteiger charge is 2.21. The summed E-state index contributed by atoms with van der Waals surface area (Å²) in [5.41, 5.74) is 5.45. The molecule has 0 bridgehead atoms. The zero-order valence-corrected chi connectivity index (χ0v) is 15.1. The Bertz CT molecular complexity index is 868. The molecule has 1 aliphatic rings. The van der Waals surface area contributed by atoms with Gasteiger partial charge < -0.3 is 10.2 Å². The number of rotatable bonds is 4. The lowest BCUT2D eigenvalue weighted by Gasteiger charge is -2.16. The maximum atomic E-state index is 13.6. The lowest BCUT2D eigenvalue weighted by molar-refractivity contribution is -0.117. The second-order valence-corrected chi connectivity index (χ2v) is 6.35. The van der Waals surface area contributed by atoms with E-state index in [-0.39, 0.29) is 22.5 Å². The Morgan fingerprint density at radius 3 is 2.77 bits per heavy atom. The van der Waals surface area contributed by atoms with E-state index in [0.717, 1.165) is 24.2 Å². The molecule has 1 saturated heterocycles. The molecule has 1 fully saturated rings. The van der Waals surface area contributed by atoms with Crippen LogP contribution in [-0.4, -0.2) is 23.3 Å². The highest BCUT2D eigenvalue weighted by Crippen LogP contribution is 2.22. The van der Waals surface area contributed by atoms with Crippen LogP contribution in [0.5, 0.6) is 0 Å². The first kappa shape index (κ1) is 18.0. The molecular formula is C19H19FN4OS. The fraction of sp³-hybridized carbons (Fsp3) is 0.211. The highest BCUT2D eigenvalue weighted by molar-refractivity contribution is 7.80. The van der Waals surface area contributed by atoms with Crippen molar-refractivity contribution in [2.45, 2.75) is 19.8 Å². The van der Waals surface area contributed by atoms with Crippen molar-refractivity contribution in [1.29, 1.82) is 0 Å². The van der Waals surface area contributed by atoms with Crippen molar-refractivity contribution in [3.05, 3.63) is 59.9 Å². The Morgan fingerprint density at radius 2 is 2.04 bits per heavy atom. The van der Waals surface area contributed by atoms with Crippen LogP contribution in [0.2, 0.25) is 0 Å². The van der Waals surface area contributed by atoms with Gasteiger partial charge in [-0.25, -0.2) is 4.39 Å². The molecule has 0 radical (unpaired) electrons. The van der Waals surface area contributed by atoms with E-state index in [9.17, 15) is 9.18 Å². The number of benzene rings is 2. The van der Waals surface area contributed by atoms with Gasteiger partial charge in [-0.1, -0.05) is 24.3 Å². The first-order chi connectivity index (χ1) is 12.5. The van der Waals surface area contributed by atoms with Crippen LogP contribution < -0.4 is 15.6 Å². The Balaban J connectivity index is 1.67. The summed E-state index contributed by atoms with van der Waals surface area (Å²) in [4.78, 5) is 13.7. The van der Waals surface area contributed by atoms with Gasteiger partial charge in [0.2, 0.25) is 5.91 Å². The number of halogens is 1. The monoisotopic (exact) mass is 370 g/mol. The smallest absolute Gasteiger partial charge is 0.227 e. The summed E-state index contributed by atoms with van der Waals surface area (Å²) in [5, 5.41) is 7.20. The normalized spacial score (nSPS) is 14.5. The quantitative estimate of drug-likeness (QED) is 0.490. The zero-order chi connectivity index (χ0) is 18.5. The minimum atomic E-state index is -0.389. The molecule has 2 aromatic rings. The van der Waals surface area contributed by atoms with E-state index < -0.39 is 0 Å². The first-order valence-corrected chi connectivity index (χ1v) is 8.72. The van der Waals surface area contributed by atoms with Crippen molar-refractivity contribution >= 4 is 40.3 Å². The molecule has 26 heavy (non-hydrogen) atoms. The average molecular weight is 370 g/mol. The molecule has 2 aromatic carbocycles. The third-order valence-corrected chi connectivity index (χ3v) is 4.29. The molecule has 0 spiro atoms. The molecule has 2 N–H and O–H groups in total. The predicted molar refractivity (Wildman–Crippen MR) is 106 cm³/mol. The molecule has 5 nitrogen and oxygen atoms in total. The molecule has 0 aromatic heterocycles. The van der Waals surface area contributed by atoms with Crippen LogP contribution in [0.15, 0.2) is 53.6 Å². The van der Waals surface area contributed by atoms with E-state index in [0.29, 0.717) is 12.1 Å². The molecule has 0 unspecified atom stereocenters. The molecule has 7 heteroatoms. The van der Waals surface area contributed by atoms with E-state index in [1.807, 2.05) is 31.2 Å². The van der Waals surface area contributed by atoms with Gasteiger partial charge in [0.15, 0.2) is 5.11 Å². The third kappa shape index (κ3) is 4.23. The van der Waals surface area contributed by atoms with E-state index in [2.05, 4.69) is 15.8 Å². The highest BCUT2D eigenvalue weighted by atomic mass is 32.1. The summed E-state index contributed by atoms with van der Waals surface area (Å²) in [5.74, 6) is -0.245. The molecule has 1 aliphatic heterocycles. The van der Waals surface area contributed by atoms with Gasteiger partial charge in [-0.3, -0.25) is 10.2 Å². The summed E-state index contributed by atoms with van der Waals surface area (Å²) in [6.45, 7) is 2.58. The van der Waals surface area contributed by atoms with Gasteiger partial charge in [0.25, 0.3) is 0 Å². The number of para-hydroxylation sites is 1. The Morgan fingerprint density at radius 1 is 1.23 bits per heavy atom. The summed E-state index contributed by atoms with van der Waals surface area (Å²) in [6, 6.07) is 13.9. The van der Waals surface area contributed by atoms with E-state index in [1.165, 1.54) is 6.07 Å². The second kappa shape index (κ2) is 8.05. The molecule has 1 amide bonds. The van der Waals surface area contributed by atoms with Gasteiger partial charge in [-0.15, -0.1) is 0 Å². The number of amides is 1. The number of nitrogens with one attached hydrogen (secondary N) is 2. The van der Waals surface area contributed by atoms with Crippen molar-refractivity contribution in [2.24, 2.45) is 5.10 Å². The summed E-state index contributed by atoms with van der Waals surface area (Å²) < 4.78 is 13.6. The maximum Gasteiger partial charge on any atom is 0.227 e. The van der Waals surface area contributed by atoms with Crippen LogP contribution in [0.4, 0.5) is 15.8 Å². The molecule has 0 aliphatic carbocycles. The Labute approximate surface area is 156 Å². The van der Waals surface area contributed by atoms with Gasteiger partial charge in [0.05, 0.1) is 11.4 Å². The number of carbonyl (C=O) groups excluding carboxylic acids is 1. The van der Waals surface area contributed by atoms with Crippen LogP contribution in [-0.2, 0) is 4.79 Å². The Kier molecular flexibility index (Phi) is 5.58. The van der Waals surface area contributed by atoms with Gasteiger partial charge in [0, 0.05) is 18.7 Å². The Hall–Kier alpha value is -2.80. The minimum Gasteiger partial charge on any atom is -0.329 e. The van der Waals surface area contributed by atoms with Gasteiger partial charge in [-0.05, 0) is 55.4 Å². The van der Waals surface area contributed by atoms with Crippen LogP contribution in [0.3, 0.4) is 0 Å². The van der Waals surface area contributed by atoms with Crippen LogP contribution in [0.25, 0.3) is 0 Å². The van der Waals surface area contributed by atoms with Crippen molar-refractivity contribution in [1.82, 2.24) is 5.43 Å². The minimum absolute atomic E-state index is 0.144. The number of thiocarbonyl (C=S) groups is 1. The first-order valence-electron chi connectivity index (χ1n) is 8.31. The lowest BCUT2D eigenvalue weighted by atomic mass is 10.1. The zero-order valence-electron chi connectivity index (χ0n) is 14.3. The molecule has 3 rings (SSSR count). The topological polar surface area (TPSA) is 56.7 Å². The summed E-state index contributed by atoms with van der Waals surface area (Å²) >= 11 is 5.14. The molecule has 1 heterocycles. The summed E-state index contributed by atoms with van der Waals surface area (Å²) in [7, 11) is 0. The average Bonchev–Trinajstić information content (AvgIpc) is 3.08. The summed E-state index contributed by atoms with van der Waals surface area (Å²) in [6.07, 6.45) is 1.47. The van der Waals surface area contributed by atoms with Crippen molar-refractivity contribution in [2.75, 3.05) is 16.8 Å². The molecule has 0 atom stereocenters. The fourth-order valence-corrected chi connectivity index (χ4v) is 2.89. The van der Waals surface area contributed by atoms with E-state index >= 15 is 0 Å².